The number of hydrogen-bond acceptors (Lipinski definition) is 4. The Morgan fingerprint density at radius 3 is 2.76 bits per heavy atom. The number of hydrogen-bond donors (Lipinski definition) is 1. The third kappa shape index (κ3) is 2.81. The number of benzene rings is 2. The molecule has 0 saturated carbocycles. The summed E-state index contributed by atoms with van der Waals surface area (Å²) in [7, 11) is 0. The Hall–Kier alpha value is -2.56. The maximum Gasteiger partial charge on any atom is 0.269 e. The van der Waals surface area contributed by atoms with Gasteiger partial charge >= 0.3 is 0 Å². The van der Waals surface area contributed by atoms with Crippen molar-refractivity contribution in [2.75, 3.05) is 5.73 Å². The van der Waals surface area contributed by atoms with Gasteiger partial charge in [0, 0.05) is 23.4 Å². The van der Waals surface area contributed by atoms with Crippen molar-refractivity contribution < 1.29 is 9.66 Å². The van der Waals surface area contributed by atoms with Crippen molar-refractivity contribution in [1.82, 2.24) is 0 Å². The van der Waals surface area contributed by atoms with Gasteiger partial charge in [0.25, 0.3) is 5.69 Å². The Morgan fingerprint density at radius 2 is 1.95 bits per heavy atom. The fourth-order valence-corrected chi connectivity index (χ4v) is 2.63. The smallest absolute Gasteiger partial charge is 0.269 e. The zero-order chi connectivity index (χ0) is 14.8. The molecule has 108 valence electrons. The van der Waals surface area contributed by atoms with Crippen LogP contribution in [0.25, 0.3) is 0 Å². The van der Waals surface area contributed by atoms with E-state index in [9.17, 15) is 10.1 Å². The van der Waals surface area contributed by atoms with Gasteiger partial charge < -0.3 is 10.5 Å². The first-order valence-corrected chi connectivity index (χ1v) is 6.91. The molecule has 0 amide bonds. The highest BCUT2D eigenvalue weighted by Gasteiger charge is 2.12. The van der Waals surface area contributed by atoms with Crippen LogP contribution in [0.1, 0.15) is 23.1 Å². The topological polar surface area (TPSA) is 78.4 Å². The van der Waals surface area contributed by atoms with Crippen LogP contribution in [0.5, 0.6) is 5.75 Å². The molecule has 1 aliphatic carbocycles. The molecule has 0 atom stereocenters. The number of nitrogens with two attached hydrogens (primary N) is 1. The SMILES string of the molecule is Nc1ccc([N+](=O)[O-])cc1COc1ccc2c(c1)CCC2. The number of anilines is 1. The molecule has 0 aromatic heterocycles. The lowest BCUT2D eigenvalue weighted by molar-refractivity contribution is -0.384. The second-order valence-corrected chi connectivity index (χ2v) is 5.21. The van der Waals surface area contributed by atoms with Crippen molar-refractivity contribution in [3.05, 3.63) is 63.2 Å². The fourth-order valence-electron chi connectivity index (χ4n) is 2.63. The summed E-state index contributed by atoms with van der Waals surface area (Å²) in [5, 5.41) is 10.8. The summed E-state index contributed by atoms with van der Waals surface area (Å²) >= 11 is 0. The minimum Gasteiger partial charge on any atom is -0.489 e. The molecule has 0 spiro atoms. The van der Waals surface area contributed by atoms with Crippen molar-refractivity contribution >= 4 is 11.4 Å². The van der Waals surface area contributed by atoms with E-state index < -0.39 is 4.92 Å². The van der Waals surface area contributed by atoms with Crippen molar-refractivity contribution in [2.24, 2.45) is 0 Å². The third-order valence-electron chi connectivity index (χ3n) is 3.80. The summed E-state index contributed by atoms with van der Waals surface area (Å²) in [4.78, 5) is 10.4. The molecule has 5 nitrogen and oxygen atoms in total. The zero-order valence-corrected chi connectivity index (χ0v) is 11.5. The number of rotatable bonds is 4. The van der Waals surface area contributed by atoms with Gasteiger partial charge in [0.2, 0.25) is 0 Å². The van der Waals surface area contributed by atoms with Gasteiger partial charge in [0.1, 0.15) is 12.4 Å². The summed E-state index contributed by atoms with van der Waals surface area (Å²) in [6.07, 6.45) is 3.41. The maximum absolute atomic E-state index is 10.8. The van der Waals surface area contributed by atoms with Crippen LogP contribution in [-0.2, 0) is 19.4 Å². The number of nitrogen functional groups attached to an aromatic ring is 1. The normalized spacial score (nSPS) is 13.0. The predicted octanol–water partition coefficient (Wildman–Crippen LogP) is 3.24. The molecule has 3 rings (SSSR count). The Morgan fingerprint density at radius 1 is 1.14 bits per heavy atom. The Labute approximate surface area is 122 Å². The number of fused-ring (bicyclic) bond motifs is 1. The molecule has 0 unspecified atom stereocenters. The summed E-state index contributed by atoms with van der Waals surface area (Å²) in [5.41, 5.74) is 9.72. The highest BCUT2D eigenvalue weighted by Crippen LogP contribution is 2.27. The van der Waals surface area contributed by atoms with E-state index in [4.69, 9.17) is 10.5 Å². The number of nitrogens with zero attached hydrogens (tertiary/aromatic N) is 1. The van der Waals surface area contributed by atoms with Crippen LogP contribution >= 0.6 is 0 Å². The van der Waals surface area contributed by atoms with Crippen LogP contribution < -0.4 is 10.5 Å². The predicted molar refractivity (Wildman–Crippen MR) is 80.3 cm³/mol. The summed E-state index contributed by atoms with van der Waals surface area (Å²) in [6, 6.07) is 10.5. The van der Waals surface area contributed by atoms with E-state index in [0.717, 1.165) is 18.6 Å². The zero-order valence-electron chi connectivity index (χ0n) is 11.5. The molecule has 0 saturated heterocycles. The maximum atomic E-state index is 10.8. The molecular weight excluding hydrogens is 268 g/mol. The van der Waals surface area contributed by atoms with Crippen LogP contribution in [0.4, 0.5) is 11.4 Å². The highest BCUT2D eigenvalue weighted by molar-refractivity contribution is 5.52. The Kier molecular flexibility index (Phi) is 3.48. The summed E-state index contributed by atoms with van der Waals surface area (Å²) < 4.78 is 5.73. The van der Waals surface area contributed by atoms with Crippen molar-refractivity contribution in [3.63, 3.8) is 0 Å². The molecular formula is C16H16N2O3. The van der Waals surface area contributed by atoms with Crippen LogP contribution in [0.3, 0.4) is 0 Å². The minimum atomic E-state index is -0.432. The average molecular weight is 284 g/mol. The lowest BCUT2D eigenvalue weighted by Crippen LogP contribution is -2.02. The molecule has 0 bridgehead atoms. The summed E-state index contributed by atoms with van der Waals surface area (Å²) in [5.74, 6) is 0.779. The van der Waals surface area contributed by atoms with Gasteiger partial charge in [-0.25, -0.2) is 0 Å². The van der Waals surface area contributed by atoms with E-state index in [1.807, 2.05) is 6.07 Å². The van der Waals surface area contributed by atoms with Crippen molar-refractivity contribution in [2.45, 2.75) is 25.9 Å². The van der Waals surface area contributed by atoms with Crippen LogP contribution in [0.15, 0.2) is 36.4 Å². The minimum absolute atomic E-state index is 0.0248. The monoisotopic (exact) mass is 284 g/mol. The first-order chi connectivity index (χ1) is 10.1. The number of ether oxygens (including phenoxy) is 1. The second-order valence-electron chi connectivity index (χ2n) is 5.21. The number of nitro groups is 1. The van der Waals surface area contributed by atoms with E-state index in [-0.39, 0.29) is 12.3 Å². The van der Waals surface area contributed by atoms with Gasteiger partial charge in [0.15, 0.2) is 0 Å². The summed E-state index contributed by atoms with van der Waals surface area (Å²) in [6.45, 7) is 0.228. The molecule has 0 fully saturated rings. The number of nitro benzene ring substituents is 1. The highest BCUT2D eigenvalue weighted by atomic mass is 16.6. The number of aryl methyl sites for hydroxylation is 2. The fraction of sp³-hybridized carbons (Fsp3) is 0.250. The van der Waals surface area contributed by atoms with Crippen molar-refractivity contribution in [1.29, 1.82) is 0 Å². The second kappa shape index (κ2) is 5.44. The molecule has 5 heteroatoms. The molecule has 1 aliphatic rings. The van der Waals surface area contributed by atoms with E-state index in [0.29, 0.717) is 11.3 Å². The van der Waals surface area contributed by atoms with Gasteiger partial charge in [-0.05, 0) is 48.6 Å². The van der Waals surface area contributed by atoms with Crippen LogP contribution in [0.2, 0.25) is 0 Å². The van der Waals surface area contributed by atoms with Gasteiger partial charge in [-0.1, -0.05) is 6.07 Å². The first-order valence-electron chi connectivity index (χ1n) is 6.91. The van der Waals surface area contributed by atoms with Gasteiger partial charge in [-0.15, -0.1) is 0 Å². The third-order valence-corrected chi connectivity index (χ3v) is 3.80. The lowest BCUT2D eigenvalue weighted by Gasteiger charge is -2.10. The van der Waals surface area contributed by atoms with Crippen LogP contribution in [0, 0.1) is 10.1 Å². The van der Waals surface area contributed by atoms with E-state index in [1.165, 1.54) is 29.7 Å². The number of non-ortho nitro benzene ring substituents is 1. The standard InChI is InChI=1S/C16H16N2O3/c17-16-7-5-14(18(19)20)8-13(16)10-21-15-6-4-11-2-1-3-12(11)9-15/h4-9H,1-3,10,17H2. The molecule has 2 aromatic carbocycles. The van der Waals surface area contributed by atoms with Crippen molar-refractivity contribution in [3.8, 4) is 5.75 Å². The van der Waals surface area contributed by atoms with E-state index in [1.54, 1.807) is 6.07 Å². The van der Waals surface area contributed by atoms with Gasteiger partial charge in [-0.2, -0.15) is 0 Å². The molecule has 2 aromatic rings. The van der Waals surface area contributed by atoms with E-state index >= 15 is 0 Å². The molecule has 21 heavy (non-hydrogen) atoms. The van der Waals surface area contributed by atoms with Gasteiger partial charge in [0.05, 0.1) is 4.92 Å². The molecule has 0 heterocycles. The molecule has 0 aliphatic heterocycles. The Balaban J connectivity index is 1.75. The first kappa shape index (κ1) is 13.4. The van der Waals surface area contributed by atoms with Gasteiger partial charge in [-0.3, -0.25) is 10.1 Å². The largest absolute Gasteiger partial charge is 0.489 e. The molecule has 2 N–H and O–H groups in total. The Bertz CT molecular complexity index is 698. The molecule has 0 radical (unpaired) electrons. The lowest BCUT2D eigenvalue weighted by atomic mass is 10.1. The van der Waals surface area contributed by atoms with Crippen LogP contribution in [-0.4, -0.2) is 4.92 Å². The average Bonchev–Trinajstić information content (AvgIpc) is 2.93. The van der Waals surface area contributed by atoms with E-state index in [2.05, 4.69) is 12.1 Å². The quantitative estimate of drug-likeness (QED) is 0.531.